The summed E-state index contributed by atoms with van der Waals surface area (Å²) in [4.78, 5) is 63.1. The Hall–Kier alpha value is -6.62. The first kappa shape index (κ1) is 51.0. The maximum absolute atomic E-state index is 13.4. The Morgan fingerprint density at radius 2 is 1.03 bits per heavy atom. The average molecular weight is 899 g/mol. The number of pyridine rings is 2. The molecule has 0 saturated carbocycles. The van der Waals surface area contributed by atoms with E-state index in [9.17, 15) is 19.2 Å². The van der Waals surface area contributed by atoms with E-state index < -0.39 is 41.4 Å². The number of carbonyl (C=O) groups is 4. The normalized spacial score (nSPS) is 14.7. The molecule has 2 aromatic heterocycles. The third kappa shape index (κ3) is 17.8. The molecule has 2 aromatic carbocycles. The van der Waals surface area contributed by atoms with Crippen LogP contribution in [-0.2, 0) is 31.9 Å². The number of ether oxygens (including phenoxy) is 4. The standard InChI is InChI=1S/C24H32N4O4.C13H18N2O4.C11H16N2O/c1-24(2,3)32-23(30)26-19(17-18-9-7-8-12-25-18)22(29)28-15-13-27(14-16-28)20-10-5-6-11-21(20)31-4;1-13(2,3)19-12(18)15-10(11(16)17)8-9-6-4-5-7-14-9;1-14-11-5-3-2-4-10(11)13-8-6-12-7-9-13/h5-12,19H,13-17H2,1-4H3,(H,26,30);4-7,10H,8H2,1-3H3,(H,15,18)(H,16,17);2-5,12H,6-9H2,1H3/t19-;10-;/m11./s1. The fraction of sp³-hybridized carbons (Fsp3) is 0.458. The van der Waals surface area contributed by atoms with Crippen molar-refractivity contribution >= 4 is 35.4 Å². The van der Waals surface area contributed by atoms with Gasteiger partial charge in [-0.15, -0.1) is 0 Å². The molecule has 2 atom stereocenters. The highest BCUT2D eigenvalue weighted by Crippen LogP contribution is 2.29. The Morgan fingerprint density at radius 3 is 1.45 bits per heavy atom. The molecule has 65 heavy (non-hydrogen) atoms. The van der Waals surface area contributed by atoms with E-state index in [1.54, 1.807) is 91.3 Å². The number of hydrogen-bond donors (Lipinski definition) is 4. The van der Waals surface area contributed by atoms with Gasteiger partial charge < -0.3 is 54.7 Å². The lowest BCUT2D eigenvalue weighted by Gasteiger charge is -2.38. The molecular weight excluding hydrogens is 833 g/mol. The second-order valence-electron chi connectivity index (χ2n) is 17.2. The predicted molar refractivity (Wildman–Crippen MR) is 250 cm³/mol. The summed E-state index contributed by atoms with van der Waals surface area (Å²) in [5.74, 6) is 0.513. The van der Waals surface area contributed by atoms with E-state index in [0.717, 1.165) is 49.1 Å². The van der Waals surface area contributed by atoms with Crippen molar-refractivity contribution in [1.82, 2.24) is 30.8 Å². The highest BCUT2D eigenvalue weighted by molar-refractivity contribution is 5.86. The van der Waals surface area contributed by atoms with Gasteiger partial charge in [-0.2, -0.15) is 0 Å². The molecule has 352 valence electrons. The summed E-state index contributed by atoms with van der Waals surface area (Å²) in [6, 6.07) is 25.0. The Bertz CT molecular complexity index is 2080. The highest BCUT2D eigenvalue weighted by atomic mass is 16.6. The molecule has 6 rings (SSSR count). The summed E-state index contributed by atoms with van der Waals surface area (Å²) in [6.07, 6.45) is 2.29. The molecule has 4 N–H and O–H groups in total. The van der Waals surface area contributed by atoms with Crippen molar-refractivity contribution in [2.75, 3.05) is 76.4 Å². The lowest BCUT2D eigenvalue weighted by atomic mass is 10.1. The number of amides is 3. The summed E-state index contributed by atoms with van der Waals surface area (Å²) in [5.41, 5.74) is 2.22. The molecule has 17 heteroatoms. The minimum absolute atomic E-state index is 0.107. The maximum Gasteiger partial charge on any atom is 0.408 e. The zero-order valence-corrected chi connectivity index (χ0v) is 38.9. The van der Waals surface area contributed by atoms with Crippen LogP contribution in [0.5, 0.6) is 11.5 Å². The van der Waals surface area contributed by atoms with Crippen LogP contribution in [0.25, 0.3) is 0 Å². The molecule has 2 fully saturated rings. The number of aromatic nitrogens is 2. The number of piperazine rings is 2. The van der Waals surface area contributed by atoms with Gasteiger partial charge in [0.25, 0.3) is 0 Å². The van der Waals surface area contributed by atoms with Gasteiger partial charge in [-0.3, -0.25) is 14.8 Å². The van der Waals surface area contributed by atoms with E-state index in [1.165, 1.54) is 5.69 Å². The van der Waals surface area contributed by atoms with Crippen LogP contribution < -0.4 is 35.2 Å². The number of para-hydroxylation sites is 4. The van der Waals surface area contributed by atoms with E-state index in [4.69, 9.17) is 24.1 Å². The zero-order valence-electron chi connectivity index (χ0n) is 38.9. The fourth-order valence-corrected chi connectivity index (χ4v) is 6.83. The lowest BCUT2D eigenvalue weighted by Crippen LogP contribution is -2.56. The third-order valence-corrected chi connectivity index (χ3v) is 9.82. The third-order valence-electron chi connectivity index (χ3n) is 9.82. The molecular formula is C48H66N8O9. The minimum atomic E-state index is -1.13. The van der Waals surface area contributed by atoms with Gasteiger partial charge in [-0.25, -0.2) is 14.4 Å². The molecule has 4 heterocycles. The largest absolute Gasteiger partial charge is 0.495 e. The van der Waals surface area contributed by atoms with Crippen LogP contribution in [0.3, 0.4) is 0 Å². The minimum Gasteiger partial charge on any atom is -0.495 e. The first-order valence-electron chi connectivity index (χ1n) is 21.7. The molecule has 0 bridgehead atoms. The number of rotatable bonds is 12. The number of nitrogens with zero attached hydrogens (tertiary/aromatic N) is 5. The van der Waals surface area contributed by atoms with Crippen molar-refractivity contribution in [3.8, 4) is 11.5 Å². The van der Waals surface area contributed by atoms with Crippen LogP contribution in [0, 0.1) is 0 Å². The number of methoxy groups -OCH3 is 2. The molecule has 2 aliphatic rings. The molecule has 2 aliphatic heterocycles. The van der Waals surface area contributed by atoms with Gasteiger partial charge in [0.15, 0.2) is 0 Å². The predicted octanol–water partition coefficient (Wildman–Crippen LogP) is 5.58. The number of carbonyl (C=O) groups excluding carboxylic acids is 3. The number of carboxylic acid groups (broad SMARTS) is 1. The van der Waals surface area contributed by atoms with Gasteiger partial charge in [-0.1, -0.05) is 36.4 Å². The number of aliphatic carboxylic acids is 1. The first-order chi connectivity index (χ1) is 31.0. The van der Waals surface area contributed by atoms with E-state index in [2.05, 4.69) is 47.9 Å². The number of alkyl carbamates (subject to hydrolysis) is 2. The van der Waals surface area contributed by atoms with Crippen molar-refractivity contribution in [2.45, 2.75) is 77.7 Å². The van der Waals surface area contributed by atoms with Crippen molar-refractivity contribution in [3.05, 3.63) is 109 Å². The molecule has 4 aromatic rings. The highest BCUT2D eigenvalue weighted by Gasteiger charge is 2.31. The maximum atomic E-state index is 13.4. The van der Waals surface area contributed by atoms with E-state index in [1.807, 2.05) is 54.6 Å². The summed E-state index contributed by atoms with van der Waals surface area (Å²) in [6.45, 7) is 17.2. The number of nitrogens with one attached hydrogen (secondary N) is 3. The Morgan fingerprint density at radius 1 is 0.615 bits per heavy atom. The zero-order chi connectivity index (χ0) is 47.4. The molecule has 0 radical (unpaired) electrons. The number of anilines is 2. The van der Waals surface area contributed by atoms with Gasteiger partial charge >= 0.3 is 18.2 Å². The second kappa shape index (κ2) is 25.0. The van der Waals surface area contributed by atoms with Crippen molar-refractivity contribution in [1.29, 1.82) is 0 Å². The van der Waals surface area contributed by atoms with E-state index >= 15 is 0 Å². The van der Waals surface area contributed by atoms with Crippen LogP contribution >= 0.6 is 0 Å². The molecule has 0 unspecified atom stereocenters. The Kier molecular flexibility index (Phi) is 19.6. The molecule has 0 aliphatic carbocycles. The average Bonchev–Trinajstić information content (AvgIpc) is 3.28. The quantitative estimate of drug-likeness (QED) is 0.138. The SMILES string of the molecule is CC(C)(C)OC(=O)N[C@H](Cc1ccccn1)C(=O)O.COc1ccccc1N1CCN(C(=O)[C@@H](Cc2ccccn2)NC(=O)OC(C)(C)C)CC1.COc1ccccc1N1CCNCC1. The van der Waals surface area contributed by atoms with Gasteiger partial charge in [0.2, 0.25) is 5.91 Å². The van der Waals surface area contributed by atoms with Crippen LogP contribution in [0.4, 0.5) is 21.0 Å². The summed E-state index contributed by atoms with van der Waals surface area (Å²) in [7, 11) is 3.38. The van der Waals surface area contributed by atoms with Crippen LogP contribution in [-0.4, -0.2) is 134 Å². The van der Waals surface area contributed by atoms with Gasteiger partial charge in [0, 0.05) is 89.0 Å². The number of hydrogen-bond acceptors (Lipinski definition) is 13. The van der Waals surface area contributed by atoms with E-state index in [-0.39, 0.29) is 12.3 Å². The summed E-state index contributed by atoms with van der Waals surface area (Å²) in [5, 5.41) is 17.5. The summed E-state index contributed by atoms with van der Waals surface area (Å²) >= 11 is 0. The molecule has 2 saturated heterocycles. The van der Waals surface area contributed by atoms with Crippen LogP contribution in [0.2, 0.25) is 0 Å². The molecule has 17 nitrogen and oxygen atoms in total. The second-order valence-corrected chi connectivity index (χ2v) is 17.2. The monoisotopic (exact) mass is 898 g/mol. The first-order valence-corrected chi connectivity index (χ1v) is 21.7. The topological polar surface area (TPSA) is 197 Å². The molecule has 3 amide bonds. The van der Waals surface area contributed by atoms with Gasteiger partial charge in [-0.05, 0) is 90.1 Å². The number of benzene rings is 2. The summed E-state index contributed by atoms with van der Waals surface area (Å²) < 4.78 is 21.2. The van der Waals surface area contributed by atoms with Crippen molar-refractivity contribution < 1.29 is 43.2 Å². The fourth-order valence-electron chi connectivity index (χ4n) is 6.83. The Labute approximate surface area is 382 Å². The van der Waals surface area contributed by atoms with Crippen molar-refractivity contribution in [2.24, 2.45) is 0 Å². The number of carboxylic acids is 1. The smallest absolute Gasteiger partial charge is 0.408 e. The molecule has 0 spiro atoms. The lowest BCUT2D eigenvalue weighted by molar-refractivity contribution is -0.139. The van der Waals surface area contributed by atoms with Crippen LogP contribution in [0.15, 0.2) is 97.3 Å². The Balaban J connectivity index is 0.000000236. The van der Waals surface area contributed by atoms with E-state index in [0.29, 0.717) is 38.3 Å². The van der Waals surface area contributed by atoms with Crippen LogP contribution in [0.1, 0.15) is 52.9 Å². The van der Waals surface area contributed by atoms with Gasteiger partial charge in [0.05, 0.1) is 25.6 Å². The van der Waals surface area contributed by atoms with Crippen molar-refractivity contribution in [3.63, 3.8) is 0 Å². The van der Waals surface area contributed by atoms with Gasteiger partial charge in [0.1, 0.15) is 34.8 Å².